The van der Waals surface area contributed by atoms with Crippen molar-refractivity contribution in [3.8, 4) is 44.5 Å². The number of nitrogens with zero attached hydrogens (tertiary/aromatic N) is 12. The van der Waals surface area contributed by atoms with Crippen molar-refractivity contribution in [3.05, 3.63) is 270 Å². The van der Waals surface area contributed by atoms with Crippen LogP contribution in [0.3, 0.4) is 0 Å². The zero-order chi connectivity index (χ0) is 58.7. The molecule has 56 heteroatoms. The zero-order valence-corrected chi connectivity index (χ0v) is 45.4. The molecule has 8 heterocycles. The Bertz CT molecular complexity index is 2270. The van der Waals surface area contributed by atoms with Gasteiger partial charge in [-0.25, -0.2) is 19.9 Å². The first-order chi connectivity index (χ1) is 35.7. The van der Waals surface area contributed by atoms with Crippen LogP contribution >= 0.6 is 0 Å². The molecule has 0 amide bonds. The van der Waals surface area contributed by atoms with Crippen LogP contribution in [0.2, 0.25) is 0 Å². The van der Waals surface area contributed by atoms with Crippen LogP contribution in [0.4, 0.5) is 0 Å². The first kappa shape index (κ1) is 118. The molecule has 88 heavy (non-hydrogen) atoms. The summed E-state index contributed by atoms with van der Waals surface area (Å²) in [5, 5.41) is 145. The van der Waals surface area contributed by atoms with E-state index in [0.717, 1.165) is 44.5 Å². The third-order valence-corrected chi connectivity index (χ3v) is 6.20. The summed E-state index contributed by atoms with van der Waals surface area (Å²) in [4.78, 5) is 77.9. The molecule has 8 rings (SSSR count). The molecule has 54 nitrogen and oxygen atoms in total. The quantitative estimate of drug-likeness (QED) is 0.0722. The molecular formula is C32H60Co2N20O34+8. The van der Waals surface area contributed by atoms with Crippen molar-refractivity contribution in [1.82, 2.24) is 40.8 Å². The van der Waals surface area contributed by atoms with Gasteiger partial charge in [0.2, 0.25) is 0 Å². The van der Waals surface area contributed by atoms with Crippen molar-refractivity contribution in [1.29, 1.82) is 0 Å². The van der Waals surface area contributed by atoms with Crippen LogP contribution in [-0.2, 0) is 77.4 Å². The maximum absolute atomic E-state index is 8.25. The molecule has 0 aliphatic rings. The molecular weight excluding hydrogens is 1330 g/mol. The third-order valence-electron chi connectivity index (χ3n) is 6.20. The fourth-order valence-electron chi connectivity index (χ4n) is 3.95. The van der Waals surface area contributed by atoms with E-state index in [4.69, 9.17) is 123 Å². The molecule has 2 radical (unpaired) electrons. The monoisotopic (exact) mass is 1390 g/mol. The Morgan fingerprint density at radius 1 is 0.250 bits per heavy atom. The largest absolute Gasteiger partial charge is 2.00 e. The van der Waals surface area contributed by atoms with E-state index < -0.39 is 40.7 Å². The predicted molar refractivity (Wildman–Crippen MR) is 291 cm³/mol. The second-order valence-electron chi connectivity index (χ2n) is 10.9. The van der Waals surface area contributed by atoms with Crippen LogP contribution in [-0.4, -0.2) is 92.4 Å². The topological polar surface area (TPSA) is 1030 Å². The van der Waals surface area contributed by atoms with Gasteiger partial charge in [-0.3, -0.25) is 20.4 Å². The number of nitrogens with one attached hydrogen (secondary N) is 8. The number of H-pyrrole nitrogens is 8. The first-order valence-corrected chi connectivity index (χ1v) is 18.1. The summed E-state index contributed by atoms with van der Waals surface area (Å²) >= 11 is 0. The van der Waals surface area contributed by atoms with E-state index in [0.29, 0.717) is 0 Å². The second-order valence-corrected chi connectivity index (χ2v) is 10.9. The number of pyridine rings is 4. The fraction of sp³-hybridized carbons (Fsp3) is 0. The van der Waals surface area contributed by atoms with Gasteiger partial charge in [-0.15, -0.1) is 0 Å². The van der Waals surface area contributed by atoms with Crippen LogP contribution in [0.15, 0.2) is 148 Å². The van der Waals surface area contributed by atoms with Gasteiger partial charge in [0, 0.05) is 95.6 Å². The molecule has 0 spiro atoms. The molecule has 0 aromatic carbocycles. The summed E-state index contributed by atoms with van der Waals surface area (Å²) in [6.45, 7) is 0. The average Bonchev–Trinajstić information content (AvgIpc) is 4.20. The Balaban J connectivity index is -0.0000000468. The van der Waals surface area contributed by atoms with E-state index >= 15 is 0 Å². The van der Waals surface area contributed by atoms with Crippen LogP contribution < -0.4 is 19.9 Å². The maximum Gasteiger partial charge on any atom is 2.00 e. The van der Waals surface area contributed by atoms with Crippen molar-refractivity contribution in [2.75, 3.05) is 0 Å². The molecule has 0 saturated carbocycles. The van der Waals surface area contributed by atoms with Gasteiger partial charge in [-0.2, -0.15) is 20.4 Å². The Labute approximate surface area is 503 Å². The van der Waals surface area contributed by atoms with E-state index in [9.17, 15) is 0 Å². The summed E-state index contributed by atoms with van der Waals surface area (Å²) < 4.78 is 0. The Kier molecular flexibility index (Phi) is 106. The number of rotatable bonds is 4. The summed E-state index contributed by atoms with van der Waals surface area (Å²) in [5.74, 6) is 0. The standard InChI is InChI=1S/4C8H7N3.2Co.8NO3.10H2O/c4*1-3-9-4-2-7(1)8-5-10-11-6-8;;;8*2-1(3)4;;;;;;;;;;/h4*1-6H,(H,10,11);;;;;;;;;;;10*1H2/q;;;;2*+2;8*-1;;;;;;;;;;/p+12. The van der Waals surface area contributed by atoms with Gasteiger partial charge in [-0.1, -0.05) is 0 Å². The van der Waals surface area contributed by atoms with E-state index in [2.05, 4.69) is 60.7 Å². The average molecular weight is 1390 g/mol. The predicted octanol–water partition coefficient (Wildman–Crippen LogP) is -7.38. The second kappa shape index (κ2) is 78.9. The number of aromatic nitrogens is 12. The smallest absolute Gasteiger partial charge is 0.457 e. The van der Waals surface area contributed by atoms with Crippen molar-refractivity contribution in [3.63, 3.8) is 0 Å². The molecule has 8 aromatic rings. The summed E-state index contributed by atoms with van der Waals surface area (Å²) in [7, 11) is 0. The molecule has 0 aliphatic heterocycles. The minimum atomic E-state index is -1.75. The Hall–Kier alpha value is -12.3. The minimum absolute atomic E-state index is 0. The summed E-state index contributed by atoms with van der Waals surface area (Å²) in [6, 6.07) is 16.0. The zero-order valence-electron chi connectivity index (χ0n) is 43.3. The molecule has 0 aliphatic carbocycles. The van der Waals surface area contributed by atoms with Crippen molar-refractivity contribution >= 4 is 0 Å². The molecule has 36 N–H and O–H groups in total. The van der Waals surface area contributed by atoms with E-state index in [1.54, 1.807) is 24.8 Å². The van der Waals surface area contributed by atoms with Crippen LogP contribution in [0.25, 0.3) is 44.5 Å². The van der Waals surface area contributed by atoms with Crippen molar-refractivity contribution < 1.29 is 149 Å². The Morgan fingerprint density at radius 3 is 0.432 bits per heavy atom. The number of hydrogen-bond acceptors (Lipinski definition) is 28. The van der Waals surface area contributed by atoms with Crippen LogP contribution in [0.5, 0.6) is 0 Å². The van der Waals surface area contributed by atoms with Gasteiger partial charge in [0.15, 0.2) is 49.6 Å². The fourth-order valence-corrected chi connectivity index (χ4v) is 3.95. The van der Waals surface area contributed by atoms with Crippen molar-refractivity contribution in [2.45, 2.75) is 0 Å². The first-order valence-electron chi connectivity index (χ1n) is 18.1. The minimum Gasteiger partial charge on any atom is -0.457 e. The van der Waals surface area contributed by atoms with E-state index in [1.807, 2.05) is 123 Å². The van der Waals surface area contributed by atoms with Gasteiger partial charge in [0.25, 0.3) is 0 Å². The van der Waals surface area contributed by atoms with Crippen LogP contribution in [0.1, 0.15) is 0 Å². The summed E-state index contributed by atoms with van der Waals surface area (Å²) in [5.41, 5.74) is 9.10. The third kappa shape index (κ3) is 96.0. The molecule has 502 valence electrons. The molecule has 0 unspecified atom stereocenters. The number of hydrogen-bond donors (Lipinski definition) is 4. The molecule has 8 aromatic heterocycles. The van der Waals surface area contributed by atoms with Crippen molar-refractivity contribution in [2.24, 2.45) is 0 Å². The van der Waals surface area contributed by atoms with Gasteiger partial charge < -0.3 is 177 Å². The van der Waals surface area contributed by atoms with Crippen LogP contribution in [0, 0.1) is 123 Å². The van der Waals surface area contributed by atoms with Gasteiger partial charge in [0.05, 0.1) is 65.5 Å². The summed E-state index contributed by atoms with van der Waals surface area (Å²) in [6.07, 6.45) is 29.8. The van der Waals surface area contributed by atoms with Gasteiger partial charge >= 0.3 is 33.6 Å². The van der Waals surface area contributed by atoms with Gasteiger partial charge in [-0.05, 0) is 22.3 Å². The maximum atomic E-state index is 8.25. The normalized spacial score (nSPS) is 7.09. The SMILES string of the molecule is O.O.O=[N+]([O-])[O-].O=[N+]([O-])[O-].O=[N+]([O-])[O-].O=[N+]([O-])[O-].O=[N+]([O-])[O-].O=[N+]([O-])[O-].O=[N+]([O-])[O-].O=[N+]([O-])[O-].[Co+2].[Co+2].[OH3+].[OH3+].[OH3+].[OH3+].[OH3+].[OH3+].[OH3+].[OH3+].c1cc(-c2cn[nH]c2)cc[nH+]1.c1cc(-c2cn[nH]c2)cc[nH+]1.c1cc(-c2cn[nH]c2)cc[nH+]1.c1cc(-c2cn[nH]c2)cc[nH+]1. The molecule has 0 fully saturated rings. The Morgan fingerprint density at radius 2 is 0.352 bits per heavy atom. The molecule has 0 atom stereocenters. The molecule has 0 saturated heterocycles. The van der Waals surface area contributed by atoms with E-state index in [1.165, 1.54) is 0 Å². The number of aromatic amines is 8. The van der Waals surface area contributed by atoms with Gasteiger partial charge in [0.1, 0.15) is 0 Å². The molecule has 0 bridgehead atoms. The van der Waals surface area contributed by atoms with E-state index in [-0.39, 0.29) is 88.3 Å².